The van der Waals surface area contributed by atoms with Crippen LogP contribution in [0.2, 0.25) is 0 Å². The van der Waals surface area contributed by atoms with Crippen LogP contribution >= 0.6 is 15.9 Å². The molecule has 9 nitrogen and oxygen atoms in total. The molecule has 0 atom stereocenters. The van der Waals surface area contributed by atoms with Gasteiger partial charge in [-0.2, -0.15) is 5.10 Å². The number of carboxylic acid groups (broad SMARTS) is 2. The summed E-state index contributed by atoms with van der Waals surface area (Å²) in [4.78, 5) is 25.8. The van der Waals surface area contributed by atoms with Gasteiger partial charge in [0.25, 0.3) is 0 Å². The first-order valence-electron chi connectivity index (χ1n) is 11.4. The fraction of sp³-hybridized carbons (Fsp3) is 0.185. The van der Waals surface area contributed by atoms with Crippen molar-refractivity contribution in [1.82, 2.24) is 19.7 Å². The summed E-state index contributed by atoms with van der Waals surface area (Å²) < 4.78 is 8.78. The zero-order chi connectivity index (χ0) is 26.8. The van der Waals surface area contributed by atoms with Crippen LogP contribution in [0.3, 0.4) is 0 Å². The minimum Gasteiger partial charge on any atom is -0.494 e. The Kier molecular flexibility index (Phi) is 9.93. The lowest BCUT2D eigenvalue weighted by atomic mass is 10.1. The van der Waals surface area contributed by atoms with Gasteiger partial charge in [-0.25, -0.2) is 19.3 Å². The topological polar surface area (TPSA) is 118 Å². The van der Waals surface area contributed by atoms with E-state index in [2.05, 4.69) is 58.1 Å². The Hall–Kier alpha value is -4.02. The first-order chi connectivity index (χ1) is 17.7. The highest BCUT2D eigenvalue weighted by Gasteiger charge is 2.14. The van der Waals surface area contributed by atoms with Crippen LogP contribution in [-0.4, -0.2) is 69.1 Å². The summed E-state index contributed by atoms with van der Waals surface area (Å²) in [6.45, 7) is 1.72. The lowest BCUT2D eigenvalue weighted by molar-refractivity contribution is -0.134. The first-order valence-corrected chi connectivity index (χ1v) is 12.2. The van der Waals surface area contributed by atoms with E-state index in [0.717, 1.165) is 51.2 Å². The molecule has 2 aromatic carbocycles. The van der Waals surface area contributed by atoms with Crippen LogP contribution in [0.4, 0.5) is 0 Å². The summed E-state index contributed by atoms with van der Waals surface area (Å²) in [5, 5.41) is 21.5. The molecule has 0 aliphatic carbocycles. The molecule has 192 valence electrons. The lowest BCUT2D eigenvalue weighted by Gasteiger charge is -2.10. The molecule has 0 aliphatic heterocycles. The van der Waals surface area contributed by atoms with Crippen LogP contribution in [0, 0.1) is 0 Å². The Balaban J connectivity index is 0.000000414. The number of carboxylic acids is 2. The molecule has 0 radical (unpaired) electrons. The molecule has 37 heavy (non-hydrogen) atoms. The second kappa shape index (κ2) is 13.3. The third kappa shape index (κ3) is 8.26. The molecular formula is C27H27BrN4O5. The van der Waals surface area contributed by atoms with E-state index in [-0.39, 0.29) is 0 Å². The Morgan fingerprint density at radius 2 is 1.65 bits per heavy atom. The molecule has 0 saturated heterocycles. The number of pyridine rings is 1. The molecular weight excluding hydrogens is 540 g/mol. The number of rotatable bonds is 9. The number of nitrogens with zero attached hydrogens (tertiary/aromatic N) is 4. The van der Waals surface area contributed by atoms with Gasteiger partial charge in [0.15, 0.2) is 5.65 Å². The fourth-order valence-electron chi connectivity index (χ4n) is 3.35. The zero-order valence-electron chi connectivity index (χ0n) is 20.4. The molecule has 2 N–H and O–H groups in total. The van der Waals surface area contributed by atoms with Crippen molar-refractivity contribution in [2.24, 2.45) is 0 Å². The predicted molar refractivity (Wildman–Crippen MR) is 145 cm³/mol. The van der Waals surface area contributed by atoms with Gasteiger partial charge in [0, 0.05) is 40.3 Å². The van der Waals surface area contributed by atoms with Crippen LogP contribution in [0.5, 0.6) is 5.75 Å². The molecule has 0 amide bonds. The molecule has 0 spiro atoms. The number of benzene rings is 2. The summed E-state index contributed by atoms with van der Waals surface area (Å²) in [7, 11) is 4.14. The van der Waals surface area contributed by atoms with E-state index in [9.17, 15) is 9.59 Å². The van der Waals surface area contributed by atoms with Gasteiger partial charge in [-0.3, -0.25) is 0 Å². The van der Waals surface area contributed by atoms with Crippen molar-refractivity contribution in [1.29, 1.82) is 0 Å². The maximum atomic E-state index is 9.55. The SMILES string of the molecule is CN(C)CCCOc1ccc(-n2nc(-c3ccc(Br)cc3)c3cccnc32)cc1.O=C(O)/C=C\C(=O)O. The summed E-state index contributed by atoms with van der Waals surface area (Å²) >= 11 is 3.49. The normalized spacial score (nSPS) is 10.9. The van der Waals surface area contributed by atoms with Crippen LogP contribution in [0.25, 0.3) is 28.0 Å². The molecule has 4 aromatic rings. The molecule has 0 bridgehead atoms. The molecule has 0 saturated carbocycles. The second-order valence-electron chi connectivity index (χ2n) is 8.15. The molecule has 0 unspecified atom stereocenters. The highest BCUT2D eigenvalue weighted by molar-refractivity contribution is 9.10. The molecule has 10 heteroatoms. The Labute approximate surface area is 222 Å². The molecule has 2 aromatic heterocycles. The Bertz CT molecular complexity index is 1350. The minimum absolute atomic E-state index is 0.558. The van der Waals surface area contributed by atoms with Gasteiger partial charge in [-0.15, -0.1) is 0 Å². The molecule has 0 fully saturated rings. The van der Waals surface area contributed by atoms with Gasteiger partial charge in [0.05, 0.1) is 12.3 Å². The smallest absolute Gasteiger partial charge is 0.328 e. The highest BCUT2D eigenvalue weighted by atomic mass is 79.9. The highest BCUT2D eigenvalue weighted by Crippen LogP contribution is 2.30. The Morgan fingerprint density at radius 1 is 1.00 bits per heavy atom. The average molecular weight is 567 g/mol. The van der Waals surface area contributed by atoms with Crippen molar-refractivity contribution in [3.63, 3.8) is 0 Å². The zero-order valence-corrected chi connectivity index (χ0v) is 22.0. The maximum absolute atomic E-state index is 9.55. The fourth-order valence-corrected chi connectivity index (χ4v) is 3.61. The summed E-state index contributed by atoms with van der Waals surface area (Å²) in [5.41, 5.74) is 3.78. The summed E-state index contributed by atoms with van der Waals surface area (Å²) in [6.07, 6.45) is 3.91. The largest absolute Gasteiger partial charge is 0.494 e. The number of halogens is 1. The number of ether oxygens (including phenoxy) is 1. The van der Waals surface area contributed by atoms with E-state index in [1.165, 1.54) is 0 Å². The van der Waals surface area contributed by atoms with Crippen LogP contribution in [0.1, 0.15) is 6.42 Å². The number of fused-ring (bicyclic) bond motifs is 1. The third-order valence-corrected chi connectivity index (χ3v) is 5.56. The molecule has 0 aliphatic rings. The van der Waals surface area contributed by atoms with E-state index in [1.807, 2.05) is 47.1 Å². The number of hydrogen-bond donors (Lipinski definition) is 2. The van der Waals surface area contributed by atoms with Crippen molar-refractivity contribution in [3.05, 3.63) is 83.5 Å². The van der Waals surface area contributed by atoms with Crippen LogP contribution < -0.4 is 4.74 Å². The standard InChI is InChI=1S/C23H23BrN4O.C4H4O4/c1-27(2)15-4-16-29-20-12-10-19(11-13-20)28-23-21(5-3-14-25-23)22(26-28)17-6-8-18(24)9-7-17;5-3(6)1-2-4(7)8/h3,5-14H,4,15-16H2,1-2H3;1-2H,(H,5,6)(H,7,8)/b;2-1-. The van der Waals surface area contributed by atoms with E-state index in [4.69, 9.17) is 20.0 Å². The summed E-state index contributed by atoms with van der Waals surface area (Å²) in [6, 6.07) is 20.2. The van der Waals surface area contributed by atoms with Gasteiger partial charge < -0.3 is 19.8 Å². The minimum atomic E-state index is -1.26. The van der Waals surface area contributed by atoms with Crippen molar-refractivity contribution < 1.29 is 24.5 Å². The number of aliphatic carboxylic acids is 2. The van der Waals surface area contributed by atoms with Crippen molar-refractivity contribution in [2.45, 2.75) is 6.42 Å². The Morgan fingerprint density at radius 3 is 2.24 bits per heavy atom. The number of carbonyl (C=O) groups is 2. The third-order valence-electron chi connectivity index (χ3n) is 5.03. The monoisotopic (exact) mass is 566 g/mol. The van der Waals surface area contributed by atoms with Gasteiger partial charge in [0.2, 0.25) is 0 Å². The van der Waals surface area contributed by atoms with Gasteiger partial charge in [-0.05, 0) is 69.0 Å². The lowest BCUT2D eigenvalue weighted by Crippen LogP contribution is -2.15. The van der Waals surface area contributed by atoms with Crippen molar-refractivity contribution in [3.8, 4) is 22.7 Å². The second-order valence-corrected chi connectivity index (χ2v) is 9.07. The van der Waals surface area contributed by atoms with Gasteiger partial charge in [-0.1, -0.05) is 28.1 Å². The first kappa shape index (κ1) is 27.6. The van der Waals surface area contributed by atoms with Crippen molar-refractivity contribution in [2.75, 3.05) is 27.2 Å². The van der Waals surface area contributed by atoms with E-state index in [1.54, 1.807) is 6.20 Å². The van der Waals surface area contributed by atoms with E-state index < -0.39 is 11.9 Å². The molecule has 2 heterocycles. The molecule has 4 rings (SSSR count). The van der Waals surface area contributed by atoms with E-state index >= 15 is 0 Å². The van der Waals surface area contributed by atoms with Crippen LogP contribution in [0.15, 0.2) is 83.5 Å². The number of hydrogen-bond acceptors (Lipinski definition) is 6. The van der Waals surface area contributed by atoms with Crippen LogP contribution in [-0.2, 0) is 9.59 Å². The average Bonchev–Trinajstić information content (AvgIpc) is 3.26. The number of aromatic nitrogens is 3. The van der Waals surface area contributed by atoms with E-state index in [0.29, 0.717) is 18.8 Å². The maximum Gasteiger partial charge on any atom is 0.328 e. The van der Waals surface area contributed by atoms with Gasteiger partial charge in [0.1, 0.15) is 11.4 Å². The summed E-state index contributed by atoms with van der Waals surface area (Å²) in [5.74, 6) is -1.65. The quantitative estimate of drug-likeness (QED) is 0.217. The van der Waals surface area contributed by atoms with Gasteiger partial charge >= 0.3 is 11.9 Å². The predicted octanol–water partition coefficient (Wildman–Crippen LogP) is 4.89. The van der Waals surface area contributed by atoms with Crippen molar-refractivity contribution >= 4 is 38.9 Å².